The van der Waals surface area contributed by atoms with E-state index >= 15 is 0 Å². The van der Waals surface area contributed by atoms with E-state index in [0.29, 0.717) is 5.82 Å². The lowest BCUT2D eigenvalue weighted by Gasteiger charge is -2.05. The van der Waals surface area contributed by atoms with Crippen LogP contribution >= 0.6 is 0 Å². The van der Waals surface area contributed by atoms with Gasteiger partial charge in [-0.15, -0.1) is 0 Å². The maximum absolute atomic E-state index is 4.51. The van der Waals surface area contributed by atoms with Crippen LogP contribution in [-0.4, -0.2) is 21.5 Å². The van der Waals surface area contributed by atoms with Crippen molar-refractivity contribution in [2.75, 3.05) is 6.54 Å². The smallest absolute Gasteiger partial charge is 0.178 e. The summed E-state index contributed by atoms with van der Waals surface area (Å²) in [6.07, 6.45) is 3.55. The Balaban J connectivity index is 2.30. The van der Waals surface area contributed by atoms with Crippen molar-refractivity contribution < 1.29 is 0 Å². The van der Waals surface area contributed by atoms with E-state index in [4.69, 9.17) is 0 Å². The van der Waals surface area contributed by atoms with E-state index in [0.717, 1.165) is 30.0 Å². The Hall–Kier alpha value is -1.81. The number of hydrogen-bond acceptors (Lipinski definition) is 4. The number of rotatable bonds is 4. The zero-order valence-electron chi connectivity index (χ0n) is 10.1. The molecule has 2 rings (SSSR count). The van der Waals surface area contributed by atoms with Crippen molar-refractivity contribution in [1.82, 2.24) is 20.3 Å². The first kappa shape index (κ1) is 11.7. The molecular weight excluding hydrogens is 212 g/mol. The summed E-state index contributed by atoms with van der Waals surface area (Å²) in [7, 11) is 0. The number of pyridine rings is 1. The number of nitrogens with zero attached hydrogens (tertiary/aromatic N) is 3. The molecule has 0 saturated carbocycles. The third kappa shape index (κ3) is 2.85. The average molecular weight is 228 g/mol. The number of nitrogens with one attached hydrogen (secondary N) is 1. The molecule has 0 amide bonds. The van der Waals surface area contributed by atoms with Gasteiger partial charge in [-0.05, 0) is 31.2 Å². The molecule has 0 fully saturated rings. The van der Waals surface area contributed by atoms with Crippen LogP contribution < -0.4 is 5.32 Å². The molecule has 0 aromatic carbocycles. The van der Waals surface area contributed by atoms with Gasteiger partial charge in [0.15, 0.2) is 5.82 Å². The molecule has 17 heavy (non-hydrogen) atoms. The van der Waals surface area contributed by atoms with Crippen molar-refractivity contribution >= 4 is 0 Å². The Morgan fingerprint density at radius 1 is 1.18 bits per heavy atom. The minimum atomic E-state index is 0.693. The molecule has 0 unspecified atom stereocenters. The van der Waals surface area contributed by atoms with Gasteiger partial charge in [0.2, 0.25) is 0 Å². The molecule has 2 aromatic rings. The van der Waals surface area contributed by atoms with Crippen molar-refractivity contribution in [3.8, 4) is 11.5 Å². The first-order chi connectivity index (χ1) is 8.31. The van der Waals surface area contributed by atoms with E-state index in [2.05, 4.69) is 27.2 Å². The van der Waals surface area contributed by atoms with Gasteiger partial charge in [0, 0.05) is 18.9 Å². The summed E-state index contributed by atoms with van der Waals surface area (Å²) in [6.45, 7) is 5.79. The Labute approximate surface area is 101 Å². The second-order valence-electron chi connectivity index (χ2n) is 3.82. The third-order valence-electron chi connectivity index (χ3n) is 2.49. The molecule has 4 heteroatoms. The zero-order chi connectivity index (χ0) is 12.1. The van der Waals surface area contributed by atoms with Gasteiger partial charge in [-0.3, -0.25) is 4.98 Å². The monoisotopic (exact) mass is 228 g/mol. The topological polar surface area (TPSA) is 50.7 Å². The highest BCUT2D eigenvalue weighted by molar-refractivity contribution is 5.53. The SMILES string of the molecule is CCNCc1ccnc(-c2ncccc2C)n1. The molecule has 2 heterocycles. The van der Waals surface area contributed by atoms with Gasteiger partial charge in [0.25, 0.3) is 0 Å². The zero-order valence-corrected chi connectivity index (χ0v) is 10.1. The Bertz CT molecular complexity index is 496. The predicted octanol–water partition coefficient (Wildman–Crippen LogP) is 1.96. The van der Waals surface area contributed by atoms with E-state index in [1.54, 1.807) is 12.4 Å². The number of hydrogen-bond donors (Lipinski definition) is 1. The van der Waals surface area contributed by atoms with E-state index < -0.39 is 0 Å². The van der Waals surface area contributed by atoms with E-state index in [-0.39, 0.29) is 0 Å². The molecule has 0 atom stereocenters. The normalized spacial score (nSPS) is 10.5. The molecule has 0 aliphatic heterocycles. The molecule has 0 aliphatic rings. The van der Waals surface area contributed by atoms with Gasteiger partial charge in [0.05, 0.1) is 5.69 Å². The lowest BCUT2D eigenvalue weighted by molar-refractivity contribution is 0.709. The van der Waals surface area contributed by atoms with Crippen LogP contribution in [0.1, 0.15) is 18.2 Å². The minimum Gasteiger partial charge on any atom is -0.311 e. The summed E-state index contributed by atoms with van der Waals surface area (Å²) in [6, 6.07) is 5.86. The summed E-state index contributed by atoms with van der Waals surface area (Å²) in [5, 5.41) is 3.25. The van der Waals surface area contributed by atoms with Gasteiger partial charge < -0.3 is 5.32 Å². The van der Waals surface area contributed by atoms with Crippen LogP contribution in [0, 0.1) is 6.92 Å². The Kier molecular flexibility index (Phi) is 3.77. The fourth-order valence-electron chi connectivity index (χ4n) is 1.58. The van der Waals surface area contributed by atoms with Crippen molar-refractivity contribution in [1.29, 1.82) is 0 Å². The second kappa shape index (κ2) is 5.50. The van der Waals surface area contributed by atoms with Gasteiger partial charge >= 0.3 is 0 Å². The molecule has 0 spiro atoms. The molecule has 0 saturated heterocycles. The first-order valence-corrected chi connectivity index (χ1v) is 5.76. The van der Waals surface area contributed by atoms with Crippen LogP contribution in [0.25, 0.3) is 11.5 Å². The highest BCUT2D eigenvalue weighted by Gasteiger charge is 2.06. The summed E-state index contributed by atoms with van der Waals surface area (Å²) in [4.78, 5) is 13.1. The van der Waals surface area contributed by atoms with Gasteiger partial charge in [0.1, 0.15) is 5.69 Å². The standard InChI is InChI=1S/C13H16N4/c1-3-14-9-11-6-8-16-13(17-11)12-10(2)5-4-7-15-12/h4-8,14H,3,9H2,1-2H3. The molecule has 88 valence electrons. The van der Waals surface area contributed by atoms with Crippen LogP contribution in [0.3, 0.4) is 0 Å². The summed E-state index contributed by atoms with van der Waals surface area (Å²) in [5.41, 5.74) is 2.93. The highest BCUT2D eigenvalue weighted by Crippen LogP contribution is 2.15. The maximum atomic E-state index is 4.51. The van der Waals surface area contributed by atoms with Crippen LogP contribution in [-0.2, 0) is 6.54 Å². The van der Waals surface area contributed by atoms with E-state index in [9.17, 15) is 0 Å². The average Bonchev–Trinajstić information content (AvgIpc) is 2.37. The second-order valence-corrected chi connectivity index (χ2v) is 3.82. The lowest BCUT2D eigenvalue weighted by Crippen LogP contribution is -2.13. The van der Waals surface area contributed by atoms with Crippen molar-refractivity contribution in [3.63, 3.8) is 0 Å². The van der Waals surface area contributed by atoms with Gasteiger partial charge in [-0.2, -0.15) is 0 Å². The number of aryl methyl sites for hydroxylation is 1. The van der Waals surface area contributed by atoms with Crippen LogP contribution in [0.4, 0.5) is 0 Å². The molecule has 2 aromatic heterocycles. The van der Waals surface area contributed by atoms with Crippen LogP contribution in [0.15, 0.2) is 30.6 Å². The Morgan fingerprint density at radius 2 is 2.06 bits per heavy atom. The Morgan fingerprint density at radius 3 is 2.82 bits per heavy atom. The fourth-order valence-corrected chi connectivity index (χ4v) is 1.58. The predicted molar refractivity (Wildman–Crippen MR) is 67.4 cm³/mol. The van der Waals surface area contributed by atoms with Gasteiger partial charge in [-0.25, -0.2) is 9.97 Å². The largest absolute Gasteiger partial charge is 0.311 e. The van der Waals surface area contributed by atoms with Crippen molar-refractivity contribution in [2.45, 2.75) is 20.4 Å². The molecule has 0 aliphatic carbocycles. The molecular formula is C13H16N4. The molecule has 0 radical (unpaired) electrons. The quantitative estimate of drug-likeness (QED) is 0.869. The maximum Gasteiger partial charge on any atom is 0.178 e. The summed E-state index contributed by atoms with van der Waals surface area (Å²) in [5.74, 6) is 0.693. The van der Waals surface area contributed by atoms with Crippen molar-refractivity contribution in [2.24, 2.45) is 0 Å². The summed E-state index contributed by atoms with van der Waals surface area (Å²) < 4.78 is 0. The van der Waals surface area contributed by atoms with E-state index in [1.807, 2.05) is 25.1 Å². The van der Waals surface area contributed by atoms with Gasteiger partial charge in [-0.1, -0.05) is 13.0 Å². The minimum absolute atomic E-state index is 0.693. The number of aromatic nitrogens is 3. The summed E-state index contributed by atoms with van der Waals surface area (Å²) >= 11 is 0. The van der Waals surface area contributed by atoms with Crippen molar-refractivity contribution in [3.05, 3.63) is 41.9 Å². The van der Waals surface area contributed by atoms with E-state index in [1.165, 1.54) is 0 Å². The molecule has 0 bridgehead atoms. The third-order valence-corrected chi connectivity index (χ3v) is 2.49. The van der Waals surface area contributed by atoms with Crippen LogP contribution in [0.2, 0.25) is 0 Å². The fraction of sp³-hybridized carbons (Fsp3) is 0.308. The lowest BCUT2D eigenvalue weighted by atomic mass is 10.2. The molecule has 1 N–H and O–H groups in total. The first-order valence-electron chi connectivity index (χ1n) is 5.76. The molecule has 4 nitrogen and oxygen atoms in total. The highest BCUT2D eigenvalue weighted by atomic mass is 14.9. The van der Waals surface area contributed by atoms with Crippen LogP contribution in [0.5, 0.6) is 0 Å².